The fourth-order valence-corrected chi connectivity index (χ4v) is 2.60. The second-order valence-corrected chi connectivity index (χ2v) is 5.73. The molecule has 5 nitrogen and oxygen atoms in total. The number of aryl methyl sites for hydroxylation is 2. The van der Waals surface area contributed by atoms with Crippen molar-refractivity contribution in [2.75, 3.05) is 12.8 Å². The van der Waals surface area contributed by atoms with E-state index in [0.717, 1.165) is 9.88 Å². The lowest BCUT2D eigenvalue weighted by atomic mass is 10.1. The molecule has 2 rings (SSSR count). The molecule has 0 atom stereocenters. The van der Waals surface area contributed by atoms with Gasteiger partial charge in [-0.1, -0.05) is 0 Å². The average Bonchev–Trinajstić information content (AvgIpc) is 2.77. The summed E-state index contributed by atoms with van der Waals surface area (Å²) in [6, 6.07) is 1.67. The number of pyridine rings is 1. The van der Waals surface area contributed by atoms with Crippen molar-refractivity contribution < 1.29 is 4.79 Å². The molecule has 6 heteroatoms. The molecule has 2 heterocycles. The third kappa shape index (κ3) is 3.08. The Kier molecular flexibility index (Phi) is 3.80. The first kappa shape index (κ1) is 13.5. The van der Waals surface area contributed by atoms with E-state index in [1.807, 2.05) is 6.92 Å². The molecule has 0 bridgehead atoms. The summed E-state index contributed by atoms with van der Waals surface area (Å²) < 4.78 is 0. The number of carbonyl (C=O) groups is 1. The van der Waals surface area contributed by atoms with Crippen LogP contribution in [-0.2, 0) is 6.54 Å². The van der Waals surface area contributed by atoms with Crippen molar-refractivity contribution in [1.82, 2.24) is 14.9 Å². The fourth-order valence-electron chi connectivity index (χ4n) is 1.76. The molecular weight excluding hydrogens is 260 g/mol. The van der Waals surface area contributed by atoms with Gasteiger partial charge in [-0.25, -0.2) is 4.98 Å². The molecule has 2 aromatic rings. The molecule has 0 fully saturated rings. The highest BCUT2D eigenvalue weighted by Gasteiger charge is 2.16. The van der Waals surface area contributed by atoms with Gasteiger partial charge in [-0.2, -0.15) is 0 Å². The van der Waals surface area contributed by atoms with Gasteiger partial charge in [0.1, 0.15) is 0 Å². The Morgan fingerprint density at radius 3 is 2.74 bits per heavy atom. The van der Waals surface area contributed by atoms with Gasteiger partial charge in [-0.15, -0.1) is 11.3 Å². The zero-order valence-electron chi connectivity index (χ0n) is 11.2. The molecule has 2 aromatic heterocycles. The summed E-state index contributed by atoms with van der Waals surface area (Å²) >= 11 is 1.59. The monoisotopic (exact) mass is 276 g/mol. The van der Waals surface area contributed by atoms with E-state index < -0.39 is 0 Å². The largest absolute Gasteiger partial charge is 0.397 e. The molecule has 2 N–H and O–H groups in total. The van der Waals surface area contributed by atoms with E-state index in [-0.39, 0.29) is 5.91 Å². The summed E-state index contributed by atoms with van der Waals surface area (Å²) in [5.74, 6) is -0.0802. The number of nitrogen functional groups attached to an aromatic ring is 1. The van der Waals surface area contributed by atoms with E-state index >= 15 is 0 Å². The molecule has 0 saturated carbocycles. The van der Waals surface area contributed by atoms with Crippen LogP contribution in [-0.4, -0.2) is 27.8 Å². The predicted octanol–water partition coefficient (Wildman–Crippen LogP) is 2.01. The van der Waals surface area contributed by atoms with E-state index in [2.05, 4.69) is 9.97 Å². The Labute approximate surface area is 116 Å². The molecule has 0 radical (unpaired) electrons. The highest BCUT2D eigenvalue weighted by Crippen LogP contribution is 2.16. The molecule has 0 aliphatic carbocycles. The zero-order chi connectivity index (χ0) is 14.0. The van der Waals surface area contributed by atoms with Gasteiger partial charge < -0.3 is 10.6 Å². The van der Waals surface area contributed by atoms with Crippen LogP contribution in [0.25, 0.3) is 0 Å². The van der Waals surface area contributed by atoms with Crippen molar-refractivity contribution in [2.45, 2.75) is 20.4 Å². The summed E-state index contributed by atoms with van der Waals surface area (Å²) in [6.07, 6.45) is 3.35. The first-order valence-electron chi connectivity index (χ1n) is 5.86. The Hall–Kier alpha value is -1.95. The second kappa shape index (κ2) is 5.36. The van der Waals surface area contributed by atoms with Crippen molar-refractivity contribution in [2.24, 2.45) is 0 Å². The fraction of sp³-hybridized carbons (Fsp3) is 0.308. The minimum atomic E-state index is -0.0802. The Balaban J connectivity index is 2.16. The molecule has 0 aliphatic rings. The lowest BCUT2D eigenvalue weighted by Gasteiger charge is -2.17. The van der Waals surface area contributed by atoms with E-state index in [4.69, 9.17) is 5.73 Å². The number of aromatic nitrogens is 2. The topological polar surface area (TPSA) is 72.1 Å². The third-order valence-electron chi connectivity index (χ3n) is 2.75. The van der Waals surface area contributed by atoms with E-state index in [9.17, 15) is 4.79 Å². The van der Waals surface area contributed by atoms with E-state index in [1.54, 1.807) is 48.7 Å². The second-order valence-electron chi connectivity index (χ2n) is 4.41. The number of nitrogens with two attached hydrogens (primary N) is 1. The first-order valence-corrected chi connectivity index (χ1v) is 6.68. The van der Waals surface area contributed by atoms with Gasteiger partial charge in [-0.3, -0.25) is 9.78 Å². The van der Waals surface area contributed by atoms with Crippen molar-refractivity contribution in [3.05, 3.63) is 39.6 Å². The number of nitrogens with zero attached hydrogens (tertiary/aromatic N) is 3. The number of hydrogen-bond acceptors (Lipinski definition) is 5. The molecule has 1 amide bonds. The summed E-state index contributed by atoms with van der Waals surface area (Å²) in [5.41, 5.74) is 7.41. The number of amides is 1. The van der Waals surface area contributed by atoms with Crippen LogP contribution in [0.2, 0.25) is 0 Å². The van der Waals surface area contributed by atoms with Gasteiger partial charge in [0.25, 0.3) is 5.91 Å². The van der Waals surface area contributed by atoms with Crippen molar-refractivity contribution >= 4 is 22.9 Å². The highest BCUT2D eigenvalue weighted by atomic mass is 32.1. The molecule has 100 valence electrons. The Bertz CT molecular complexity index is 608. The predicted molar refractivity (Wildman–Crippen MR) is 76.0 cm³/mol. The highest BCUT2D eigenvalue weighted by molar-refractivity contribution is 7.11. The summed E-state index contributed by atoms with van der Waals surface area (Å²) in [4.78, 5) is 23.3. The van der Waals surface area contributed by atoms with E-state index in [1.165, 1.54) is 0 Å². The minimum Gasteiger partial charge on any atom is -0.397 e. The minimum absolute atomic E-state index is 0.0802. The maximum atomic E-state index is 12.3. The SMILES string of the molecule is Cc1ncc(CN(C)C(=O)c2cc(N)cnc2C)s1. The number of anilines is 1. The van der Waals surface area contributed by atoms with Crippen LogP contribution < -0.4 is 5.73 Å². The van der Waals surface area contributed by atoms with Gasteiger partial charge >= 0.3 is 0 Å². The molecule has 0 saturated heterocycles. The summed E-state index contributed by atoms with van der Waals surface area (Å²) in [7, 11) is 1.76. The van der Waals surface area contributed by atoms with Gasteiger partial charge in [0.05, 0.1) is 34.7 Å². The summed E-state index contributed by atoms with van der Waals surface area (Å²) in [5, 5.41) is 0.998. The van der Waals surface area contributed by atoms with Crippen LogP contribution in [0.3, 0.4) is 0 Å². The standard InChI is InChI=1S/C13H16N4OS/c1-8-12(4-10(14)5-15-8)13(18)17(3)7-11-6-16-9(2)19-11/h4-6H,7,14H2,1-3H3. The quantitative estimate of drug-likeness (QED) is 0.930. The normalized spacial score (nSPS) is 10.5. The molecule has 0 aliphatic heterocycles. The number of carbonyl (C=O) groups excluding carboxylic acids is 1. The van der Waals surface area contributed by atoms with Crippen LogP contribution in [0.1, 0.15) is 25.9 Å². The average molecular weight is 276 g/mol. The van der Waals surface area contributed by atoms with Crippen molar-refractivity contribution in [3.8, 4) is 0 Å². The molecule has 19 heavy (non-hydrogen) atoms. The number of thiazole rings is 1. The van der Waals surface area contributed by atoms with Gasteiger partial charge in [-0.05, 0) is 19.9 Å². The lowest BCUT2D eigenvalue weighted by molar-refractivity contribution is 0.0785. The molecule has 0 aromatic carbocycles. The van der Waals surface area contributed by atoms with Crippen LogP contribution in [0.15, 0.2) is 18.5 Å². The molecule has 0 spiro atoms. The van der Waals surface area contributed by atoms with Gasteiger partial charge in [0.15, 0.2) is 0 Å². The third-order valence-corrected chi connectivity index (χ3v) is 3.64. The maximum Gasteiger partial charge on any atom is 0.255 e. The number of rotatable bonds is 3. The van der Waals surface area contributed by atoms with Crippen LogP contribution in [0.4, 0.5) is 5.69 Å². The Morgan fingerprint density at radius 1 is 1.37 bits per heavy atom. The van der Waals surface area contributed by atoms with Crippen molar-refractivity contribution in [1.29, 1.82) is 0 Å². The van der Waals surface area contributed by atoms with E-state index in [0.29, 0.717) is 23.5 Å². The van der Waals surface area contributed by atoms with Crippen LogP contribution >= 0.6 is 11.3 Å². The van der Waals surface area contributed by atoms with Gasteiger partial charge in [0, 0.05) is 18.1 Å². The molecule has 0 unspecified atom stereocenters. The first-order chi connectivity index (χ1) is 8.97. The van der Waals surface area contributed by atoms with Crippen molar-refractivity contribution in [3.63, 3.8) is 0 Å². The zero-order valence-corrected chi connectivity index (χ0v) is 12.0. The molecular formula is C13H16N4OS. The van der Waals surface area contributed by atoms with Crippen LogP contribution in [0, 0.1) is 13.8 Å². The van der Waals surface area contributed by atoms with Gasteiger partial charge in [0.2, 0.25) is 0 Å². The maximum absolute atomic E-state index is 12.3. The lowest BCUT2D eigenvalue weighted by Crippen LogP contribution is -2.26. The van der Waals surface area contributed by atoms with Crippen LogP contribution in [0.5, 0.6) is 0 Å². The summed E-state index contributed by atoms with van der Waals surface area (Å²) in [6.45, 7) is 4.29. The smallest absolute Gasteiger partial charge is 0.255 e. The Morgan fingerprint density at radius 2 is 2.11 bits per heavy atom. The number of hydrogen-bond donors (Lipinski definition) is 1.